The van der Waals surface area contributed by atoms with E-state index in [0.717, 1.165) is 4.80 Å². The lowest BCUT2D eigenvalue weighted by Gasteiger charge is -1.93. The SMILES string of the molecule is Cn1/c(=N\N/C=C/c2sc3ccccc3[n+]2C)sc2ccccc21. The van der Waals surface area contributed by atoms with Gasteiger partial charge >= 0.3 is 0 Å². The summed E-state index contributed by atoms with van der Waals surface area (Å²) in [7, 11) is 4.12. The molecule has 4 aromatic rings. The minimum absolute atomic E-state index is 0.946. The Kier molecular flexibility index (Phi) is 3.92. The number of fused-ring (bicyclic) bond motifs is 2. The summed E-state index contributed by atoms with van der Waals surface area (Å²) in [5.41, 5.74) is 5.49. The van der Waals surface area contributed by atoms with Gasteiger partial charge in [-0.05, 0) is 18.2 Å². The van der Waals surface area contributed by atoms with Gasteiger partial charge < -0.3 is 4.57 Å². The Morgan fingerprint density at radius 2 is 1.79 bits per heavy atom. The van der Waals surface area contributed by atoms with Gasteiger partial charge in [-0.3, -0.25) is 5.43 Å². The van der Waals surface area contributed by atoms with Crippen molar-refractivity contribution in [3.05, 3.63) is 64.5 Å². The Bertz CT molecular complexity index is 1110. The van der Waals surface area contributed by atoms with Crippen LogP contribution < -0.4 is 14.8 Å². The third-order valence-electron chi connectivity index (χ3n) is 3.95. The summed E-state index contributed by atoms with van der Waals surface area (Å²) in [5, 5.41) is 5.66. The molecular formula is C18H17N4S2+. The summed E-state index contributed by atoms with van der Waals surface area (Å²) in [6, 6.07) is 16.7. The first-order valence-electron chi connectivity index (χ1n) is 7.62. The molecule has 0 saturated carbocycles. The van der Waals surface area contributed by atoms with Crippen LogP contribution in [0, 0.1) is 0 Å². The predicted octanol–water partition coefficient (Wildman–Crippen LogP) is 3.36. The number of thiazole rings is 2. The average molecular weight is 353 g/mol. The van der Waals surface area contributed by atoms with Crippen molar-refractivity contribution >= 4 is 49.2 Å². The van der Waals surface area contributed by atoms with Crippen LogP contribution in [0.15, 0.2) is 59.8 Å². The van der Waals surface area contributed by atoms with Gasteiger partial charge in [0, 0.05) is 25.4 Å². The molecule has 0 spiro atoms. The van der Waals surface area contributed by atoms with Gasteiger partial charge in [0.2, 0.25) is 10.3 Å². The maximum Gasteiger partial charge on any atom is 0.264 e. The van der Waals surface area contributed by atoms with E-state index in [1.165, 1.54) is 25.4 Å². The van der Waals surface area contributed by atoms with Crippen LogP contribution in [-0.4, -0.2) is 4.57 Å². The van der Waals surface area contributed by atoms with Gasteiger partial charge in [-0.15, -0.1) is 5.10 Å². The van der Waals surface area contributed by atoms with Crippen molar-refractivity contribution < 1.29 is 4.57 Å². The highest BCUT2D eigenvalue weighted by atomic mass is 32.1. The number of rotatable bonds is 3. The Balaban J connectivity index is 1.60. The molecule has 24 heavy (non-hydrogen) atoms. The number of aryl methyl sites for hydroxylation is 2. The Labute approximate surface area is 147 Å². The lowest BCUT2D eigenvalue weighted by atomic mass is 10.3. The maximum absolute atomic E-state index is 4.48. The molecule has 0 aliphatic rings. The summed E-state index contributed by atoms with van der Waals surface area (Å²) in [6.45, 7) is 0. The molecule has 2 heterocycles. The molecule has 0 aliphatic carbocycles. The zero-order valence-electron chi connectivity index (χ0n) is 13.4. The second-order valence-corrected chi connectivity index (χ2v) is 7.52. The van der Waals surface area contributed by atoms with Crippen LogP contribution in [0.5, 0.6) is 0 Å². The van der Waals surface area contributed by atoms with Gasteiger partial charge in [0.1, 0.15) is 11.7 Å². The van der Waals surface area contributed by atoms with Crippen molar-refractivity contribution in [2.75, 3.05) is 0 Å². The quantitative estimate of drug-likeness (QED) is 0.445. The van der Waals surface area contributed by atoms with E-state index in [-0.39, 0.29) is 0 Å². The predicted molar refractivity (Wildman–Crippen MR) is 102 cm³/mol. The molecule has 1 N–H and O–H groups in total. The van der Waals surface area contributed by atoms with Gasteiger partial charge in [-0.25, -0.2) is 0 Å². The van der Waals surface area contributed by atoms with Crippen molar-refractivity contribution in [2.24, 2.45) is 19.2 Å². The number of nitrogens with zero attached hydrogens (tertiary/aromatic N) is 3. The molecule has 0 unspecified atom stereocenters. The number of hydrogen-bond donors (Lipinski definition) is 1. The third-order valence-corrected chi connectivity index (χ3v) is 6.24. The topological polar surface area (TPSA) is 33.2 Å². The Morgan fingerprint density at radius 1 is 1.04 bits per heavy atom. The molecular weight excluding hydrogens is 336 g/mol. The van der Waals surface area contributed by atoms with E-state index in [4.69, 9.17) is 0 Å². The van der Waals surface area contributed by atoms with Gasteiger partial charge in [0.15, 0.2) is 0 Å². The van der Waals surface area contributed by atoms with Crippen molar-refractivity contribution in [2.45, 2.75) is 0 Å². The standard InChI is InChI=1S/C18H16N4S2/c1-21-13-7-3-5-9-15(13)23-17(21)11-12-19-20-18-22(2)14-8-4-6-10-16(14)24-18/h3-12H,1-2H3/p+1/b20-18+. The number of aromatic nitrogens is 2. The molecule has 0 aliphatic heterocycles. The number of hydrogen-bond acceptors (Lipinski definition) is 4. The normalized spacial score (nSPS) is 12.7. The largest absolute Gasteiger partial charge is 0.318 e. The number of para-hydroxylation sites is 2. The van der Waals surface area contributed by atoms with E-state index in [2.05, 4.69) is 75.2 Å². The van der Waals surface area contributed by atoms with Gasteiger partial charge in [-0.2, -0.15) is 4.57 Å². The van der Waals surface area contributed by atoms with Gasteiger partial charge in [0.25, 0.3) is 5.01 Å². The molecule has 0 atom stereocenters. The highest BCUT2D eigenvalue weighted by molar-refractivity contribution is 7.18. The van der Waals surface area contributed by atoms with Crippen LogP contribution in [0.2, 0.25) is 0 Å². The van der Waals surface area contributed by atoms with Crippen LogP contribution >= 0.6 is 22.7 Å². The van der Waals surface area contributed by atoms with E-state index in [0.29, 0.717) is 0 Å². The van der Waals surface area contributed by atoms with E-state index in [9.17, 15) is 0 Å². The first-order valence-corrected chi connectivity index (χ1v) is 9.25. The first-order chi connectivity index (χ1) is 11.7. The fourth-order valence-corrected chi connectivity index (χ4v) is 4.69. The molecule has 0 fully saturated rings. The highest BCUT2D eigenvalue weighted by Crippen LogP contribution is 2.20. The molecule has 4 nitrogen and oxygen atoms in total. The summed E-state index contributed by atoms with van der Waals surface area (Å²) in [6.07, 6.45) is 3.94. The summed E-state index contributed by atoms with van der Waals surface area (Å²) in [4.78, 5) is 0.946. The van der Waals surface area contributed by atoms with Crippen LogP contribution in [0.3, 0.4) is 0 Å². The van der Waals surface area contributed by atoms with Crippen molar-refractivity contribution in [1.82, 2.24) is 9.99 Å². The molecule has 120 valence electrons. The Hall–Kier alpha value is -2.44. The van der Waals surface area contributed by atoms with Crippen molar-refractivity contribution in [3.8, 4) is 0 Å². The smallest absolute Gasteiger partial charge is 0.264 e. The second kappa shape index (κ2) is 6.22. The lowest BCUT2D eigenvalue weighted by molar-refractivity contribution is -0.642. The zero-order chi connectivity index (χ0) is 16.5. The monoisotopic (exact) mass is 353 g/mol. The molecule has 2 aromatic heterocycles. The summed E-state index contributed by atoms with van der Waals surface area (Å²) < 4.78 is 6.81. The molecule has 0 radical (unpaired) electrons. The van der Waals surface area contributed by atoms with Crippen LogP contribution in [-0.2, 0) is 14.1 Å². The second-order valence-electron chi connectivity index (χ2n) is 5.45. The maximum atomic E-state index is 4.48. The molecule has 0 amide bonds. The van der Waals surface area contributed by atoms with Gasteiger partial charge in [-0.1, -0.05) is 46.9 Å². The lowest BCUT2D eigenvalue weighted by Crippen LogP contribution is -2.28. The minimum atomic E-state index is 0.946. The van der Waals surface area contributed by atoms with Gasteiger partial charge in [0.05, 0.1) is 10.2 Å². The first kappa shape index (κ1) is 15.1. The average Bonchev–Trinajstić information content (AvgIpc) is 3.10. The third kappa shape index (κ3) is 2.64. The van der Waals surface area contributed by atoms with E-state index in [1.54, 1.807) is 22.7 Å². The fraction of sp³-hybridized carbons (Fsp3) is 0.111. The number of nitrogens with one attached hydrogen (secondary N) is 1. The molecule has 6 heteroatoms. The number of benzene rings is 2. The minimum Gasteiger partial charge on any atom is -0.318 e. The van der Waals surface area contributed by atoms with Crippen LogP contribution in [0.25, 0.3) is 26.5 Å². The van der Waals surface area contributed by atoms with Crippen LogP contribution in [0.1, 0.15) is 5.01 Å². The molecule has 2 aromatic carbocycles. The van der Waals surface area contributed by atoms with E-state index < -0.39 is 0 Å². The van der Waals surface area contributed by atoms with Crippen LogP contribution in [0.4, 0.5) is 0 Å². The van der Waals surface area contributed by atoms with E-state index >= 15 is 0 Å². The fourth-order valence-electron chi connectivity index (χ4n) is 2.66. The summed E-state index contributed by atoms with van der Waals surface area (Å²) in [5.74, 6) is 0. The summed E-state index contributed by atoms with van der Waals surface area (Å²) >= 11 is 3.44. The Morgan fingerprint density at radius 3 is 2.58 bits per heavy atom. The van der Waals surface area contributed by atoms with E-state index in [1.807, 2.05) is 19.3 Å². The molecule has 4 rings (SSSR count). The zero-order valence-corrected chi connectivity index (χ0v) is 15.1. The molecule has 0 saturated heterocycles. The van der Waals surface area contributed by atoms with Crippen molar-refractivity contribution in [3.63, 3.8) is 0 Å². The van der Waals surface area contributed by atoms with Crippen molar-refractivity contribution in [1.29, 1.82) is 0 Å². The molecule has 0 bridgehead atoms. The highest BCUT2D eigenvalue weighted by Gasteiger charge is 2.12.